The van der Waals surface area contributed by atoms with Crippen molar-refractivity contribution in [2.45, 2.75) is 65.3 Å². The number of carbonyl (C=O) groups is 2. The molecule has 1 aromatic rings. The molecule has 0 heterocycles. The van der Waals surface area contributed by atoms with Crippen molar-refractivity contribution in [3.63, 3.8) is 0 Å². The summed E-state index contributed by atoms with van der Waals surface area (Å²) in [5.74, 6) is 6.29. The Kier molecular flexibility index (Phi) is 8.39. The van der Waals surface area contributed by atoms with Crippen LogP contribution in [0.2, 0.25) is 0 Å². The van der Waals surface area contributed by atoms with Crippen molar-refractivity contribution in [3.8, 4) is 0 Å². The fourth-order valence-corrected chi connectivity index (χ4v) is 4.58. The maximum atomic E-state index is 12.4. The first-order chi connectivity index (χ1) is 14.7. The normalized spacial score (nSPS) is 20.3. The third-order valence-electron chi connectivity index (χ3n) is 6.58. The van der Waals surface area contributed by atoms with E-state index in [1.54, 1.807) is 0 Å². The zero-order chi connectivity index (χ0) is 23.2. The van der Waals surface area contributed by atoms with Crippen molar-refractivity contribution in [1.29, 1.82) is 0 Å². The molecule has 7 heteroatoms. The molecule has 0 bridgehead atoms. The first kappa shape index (κ1) is 24.6. The van der Waals surface area contributed by atoms with Crippen LogP contribution in [0.1, 0.15) is 68.9 Å². The zero-order valence-electron chi connectivity index (χ0n) is 19.4. The average Bonchev–Trinajstić information content (AvgIpc) is 2.86. The molecule has 0 spiro atoms. The lowest BCUT2D eigenvalue weighted by Crippen LogP contribution is -2.50. The van der Waals surface area contributed by atoms with Gasteiger partial charge in [-0.1, -0.05) is 31.1 Å². The highest BCUT2D eigenvalue weighted by molar-refractivity contribution is 5.97. The maximum Gasteiger partial charge on any atom is 0.251 e. The van der Waals surface area contributed by atoms with Crippen LogP contribution in [-0.4, -0.2) is 37.2 Å². The number of hydrogen-bond donors (Lipinski definition) is 4. The van der Waals surface area contributed by atoms with Crippen LogP contribution in [0.4, 0.5) is 0 Å². The number of fused-ring (bicyclic) bond motifs is 1. The molecule has 0 radical (unpaired) electrons. The predicted molar refractivity (Wildman–Crippen MR) is 126 cm³/mol. The van der Waals surface area contributed by atoms with Gasteiger partial charge in [0.2, 0.25) is 0 Å². The van der Waals surface area contributed by atoms with Gasteiger partial charge in [0.25, 0.3) is 5.91 Å². The van der Waals surface area contributed by atoms with Crippen molar-refractivity contribution in [3.05, 3.63) is 46.0 Å². The van der Waals surface area contributed by atoms with E-state index in [9.17, 15) is 9.59 Å². The second kappa shape index (κ2) is 10.6. The number of hydrazone groups is 1. The minimum atomic E-state index is -0.713. The molecule has 1 aliphatic rings. The molecule has 1 aromatic carbocycles. The largest absolute Gasteiger partial charge is 0.385 e. The van der Waals surface area contributed by atoms with Crippen LogP contribution < -0.4 is 22.2 Å². The summed E-state index contributed by atoms with van der Waals surface area (Å²) in [6, 6.07) is 5.83. The number of carbonyl (C=O) groups excluding carboxylic acids is 2. The van der Waals surface area contributed by atoms with Crippen LogP contribution in [0.5, 0.6) is 0 Å². The lowest BCUT2D eigenvalue weighted by atomic mass is 9.66. The lowest BCUT2D eigenvalue weighted by Gasteiger charge is -2.40. The summed E-state index contributed by atoms with van der Waals surface area (Å²) in [7, 11) is 0. The van der Waals surface area contributed by atoms with Crippen molar-refractivity contribution in [2.75, 3.05) is 13.1 Å². The predicted octanol–water partition coefficient (Wildman–Crippen LogP) is 2.39. The number of nitrogens with zero attached hydrogens (tertiary/aromatic N) is 1. The highest BCUT2D eigenvalue weighted by Crippen LogP contribution is 2.44. The summed E-state index contributed by atoms with van der Waals surface area (Å²) in [6.07, 6.45) is 3.16. The first-order valence-corrected chi connectivity index (χ1v) is 11.0. The zero-order valence-corrected chi connectivity index (χ0v) is 19.4. The Balaban J connectivity index is 2.73. The fraction of sp³-hybridized carbons (Fsp3) is 0.542. The molecule has 0 saturated carbocycles. The van der Waals surface area contributed by atoms with Crippen molar-refractivity contribution in [1.82, 2.24) is 10.6 Å². The Morgan fingerprint density at radius 1 is 1.29 bits per heavy atom. The number of allylic oxidation sites excluding steroid dienone is 1. The highest BCUT2D eigenvalue weighted by Gasteiger charge is 2.44. The van der Waals surface area contributed by atoms with Gasteiger partial charge in [-0.05, 0) is 69.2 Å². The first-order valence-electron chi connectivity index (χ1n) is 11.0. The van der Waals surface area contributed by atoms with Gasteiger partial charge in [0.1, 0.15) is 12.1 Å². The van der Waals surface area contributed by atoms with Gasteiger partial charge in [0.05, 0.1) is 12.0 Å². The van der Waals surface area contributed by atoms with E-state index in [0.717, 1.165) is 35.8 Å². The third kappa shape index (κ3) is 4.98. The van der Waals surface area contributed by atoms with Crippen LogP contribution in [0.3, 0.4) is 0 Å². The minimum absolute atomic E-state index is 0.0160. The molecule has 6 N–H and O–H groups in total. The van der Waals surface area contributed by atoms with Gasteiger partial charge >= 0.3 is 0 Å². The summed E-state index contributed by atoms with van der Waals surface area (Å²) in [5.41, 5.74) is 10.9. The van der Waals surface area contributed by atoms with E-state index in [1.165, 1.54) is 5.57 Å². The van der Waals surface area contributed by atoms with Crippen molar-refractivity contribution < 1.29 is 9.59 Å². The third-order valence-corrected chi connectivity index (χ3v) is 6.58. The van der Waals surface area contributed by atoms with E-state index >= 15 is 0 Å². The van der Waals surface area contributed by atoms with Gasteiger partial charge in [0.15, 0.2) is 0 Å². The molecule has 7 nitrogen and oxygen atoms in total. The van der Waals surface area contributed by atoms with Crippen LogP contribution in [-0.2, 0) is 16.6 Å². The highest BCUT2D eigenvalue weighted by atomic mass is 16.1. The maximum absolute atomic E-state index is 12.4. The topological polar surface area (TPSA) is 123 Å². The summed E-state index contributed by atoms with van der Waals surface area (Å²) in [5, 5.41) is 10.2. The van der Waals surface area contributed by atoms with E-state index in [1.807, 2.05) is 25.1 Å². The van der Waals surface area contributed by atoms with Gasteiger partial charge in [-0.25, -0.2) is 0 Å². The van der Waals surface area contributed by atoms with Crippen LogP contribution in [0, 0.1) is 5.92 Å². The Morgan fingerprint density at radius 3 is 2.58 bits per heavy atom. The number of aryl methyl sites for hydroxylation is 1. The quantitative estimate of drug-likeness (QED) is 0.120. The van der Waals surface area contributed by atoms with Crippen molar-refractivity contribution in [2.24, 2.45) is 22.6 Å². The molecule has 31 heavy (non-hydrogen) atoms. The molecule has 2 unspecified atom stereocenters. The van der Waals surface area contributed by atoms with E-state index in [-0.39, 0.29) is 24.4 Å². The van der Waals surface area contributed by atoms with Gasteiger partial charge in [0, 0.05) is 18.2 Å². The molecule has 1 aliphatic carbocycles. The Labute approximate surface area is 185 Å². The number of nitrogens with one attached hydrogen (secondary N) is 2. The van der Waals surface area contributed by atoms with E-state index in [0.29, 0.717) is 24.4 Å². The number of nitrogens with two attached hydrogens (primary N) is 2. The van der Waals surface area contributed by atoms with Gasteiger partial charge < -0.3 is 27.0 Å². The van der Waals surface area contributed by atoms with Crippen LogP contribution >= 0.6 is 0 Å². The van der Waals surface area contributed by atoms with Crippen LogP contribution in [0.25, 0.3) is 0 Å². The molecule has 2 rings (SSSR count). The van der Waals surface area contributed by atoms with E-state index in [2.05, 4.69) is 43.4 Å². The monoisotopic (exact) mass is 427 g/mol. The number of amidine groups is 1. The Bertz CT molecular complexity index is 875. The number of aldehydes is 1. The summed E-state index contributed by atoms with van der Waals surface area (Å²) in [4.78, 5) is 23.5. The van der Waals surface area contributed by atoms with Gasteiger partial charge in [-0.15, -0.1) is 0 Å². The second-order valence-electron chi connectivity index (χ2n) is 8.69. The molecule has 0 fully saturated rings. The lowest BCUT2D eigenvalue weighted by molar-refractivity contribution is -0.107. The summed E-state index contributed by atoms with van der Waals surface area (Å²) in [6.45, 7) is 11.2. The van der Waals surface area contributed by atoms with Gasteiger partial charge in [-0.3, -0.25) is 4.79 Å². The van der Waals surface area contributed by atoms with E-state index < -0.39 is 5.41 Å². The standard InChI is InChI=1S/C24H37N5O2/c1-6-27-22(31)19-9-10-20-18(13-19)8-7-16(4)17(5)24(20,23(25)29-26)14-21(15(2)3)28-11-12-30/h9-10,12-13,15,21,28H,6-8,11,14,26H2,1-5H3,(H2,25,29)(H,27,31). The summed E-state index contributed by atoms with van der Waals surface area (Å²) < 4.78 is 0. The van der Waals surface area contributed by atoms with Crippen LogP contribution in [0.15, 0.2) is 34.4 Å². The summed E-state index contributed by atoms with van der Waals surface area (Å²) >= 11 is 0. The minimum Gasteiger partial charge on any atom is -0.385 e. The molecular formula is C24H37N5O2. The Morgan fingerprint density at radius 2 is 2.00 bits per heavy atom. The molecule has 0 saturated heterocycles. The molecular weight excluding hydrogens is 390 g/mol. The smallest absolute Gasteiger partial charge is 0.251 e. The average molecular weight is 428 g/mol. The van der Waals surface area contributed by atoms with Gasteiger partial charge in [-0.2, -0.15) is 5.10 Å². The SMILES string of the molecule is CCNC(=O)c1ccc2c(c1)CCC(C)=C(C)C2(CC(NCC=O)C(C)C)/C(N)=N/N. The molecule has 0 aromatic heterocycles. The fourth-order valence-electron chi connectivity index (χ4n) is 4.58. The molecule has 1 amide bonds. The molecule has 0 aliphatic heterocycles. The number of rotatable bonds is 9. The second-order valence-corrected chi connectivity index (χ2v) is 8.69. The van der Waals surface area contributed by atoms with E-state index in [4.69, 9.17) is 11.6 Å². The molecule has 170 valence electrons. The van der Waals surface area contributed by atoms with Crippen molar-refractivity contribution >= 4 is 18.0 Å². The molecule has 2 atom stereocenters. The Hall–Kier alpha value is -2.67. The number of amides is 1. The number of benzene rings is 1. The number of hydrogen-bond acceptors (Lipinski definition) is 5.